The van der Waals surface area contributed by atoms with Crippen LogP contribution in [0.4, 0.5) is 14.5 Å². The van der Waals surface area contributed by atoms with Gasteiger partial charge in [0.15, 0.2) is 0 Å². The van der Waals surface area contributed by atoms with Gasteiger partial charge >= 0.3 is 0 Å². The number of nitrogen functional groups attached to an aromatic ring is 1. The van der Waals surface area contributed by atoms with E-state index in [1.54, 1.807) is 42.6 Å². The number of hydrazine groups is 1. The predicted molar refractivity (Wildman–Crippen MR) is 69.3 cm³/mol. The first kappa shape index (κ1) is 12.8. The Bertz CT molecular complexity index is 517. The van der Waals surface area contributed by atoms with E-state index in [0.29, 0.717) is 16.7 Å². The number of benzene rings is 1. The van der Waals surface area contributed by atoms with Gasteiger partial charge in [0.1, 0.15) is 0 Å². The molecule has 0 saturated carbocycles. The number of halogens is 2. The highest BCUT2D eigenvalue weighted by Gasteiger charge is 2.06. The van der Waals surface area contributed by atoms with Crippen LogP contribution in [0.15, 0.2) is 47.5 Å². The smallest absolute Gasteiger partial charge is 0.288 e. The van der Waals surface area contributed by atoms with Crippen LogP contribution < -0.4 is 11.3 Å². The molecule has 0 fully saturated rings. The Kier molecular flexibility index (Phi) is 4.11. The van der Waals surface area contributed by atoms with E-state index in [1.807, 2.05) is 0 Å². The Morgan fingerprint density at radius 1 is 1.17 bits per heavy atom. The minimum absolute atomic E-state index is 0.524. The van der Waals surface area contributed by atoms with Crippen LogP contribution in [-0.2, 0) is 0 Å². The molecule has 3 N–H and O–H groups in total. The number of rotatable bonds is 4. The highest BCUT2D eigenvalue weighted by atomic mass is 32.2. The molecular weight excluding hydrogens is 256 g/mol. The average molecular weight is 267 g/mol. The van der Waals surface area contributed by atoms with Gasteiger partial charge in [-0.25, -0.2) is 0 Å². The Morgan fingerprint density at radius 3 is 2.50 bits per heavy atom. The molecule has 0 atom stereocenters. The second-order valence-electron chi connectivity index (χ2n) is 3.48. The summed E-state index contributed by atoms with van der Waals surface area (Å²) in [6, 6.07) is 10.3. The average Bonchev–Trinajstić information content (AvgIpc) is 2.39. The highest BCUT2D eigenvalue weighted by Crippen LogP contribution is 2.27. The van der Waals surface area contributed by atoms with Gasteiger partial charge in [-0.1, -0.05) is 23.9 Å². The maximum atomic E-state index is 12.2. The fourth-order valence-corrected chi connectivity index (χ4v) is 1.98. The first-order chi connectivity index (χ1) is 8.69. The number of nitrogens with zero attached hydrogens (tertiary/aromatic N) is 1. The highest BCUT2D eigenvalue weighted by molar-refractivity contribution is 7.99. The molecule has 0 bridgehead atoms. The monoisotopic (exact) mass is 267 g/mol. The van der Waals surface area contributed by atoms with Crippen molar-refractivity contribution in [3.05, 3.63) is 42.6 Å². The SMILES string of the molecule is NNc1ccnc(-c2ccc(SC(F)F)cc2)c1. The minimum atomic E-state index is -2.40. The van der Waals surface area contributed by atoms with E-state index in [2.05, 4.69) is 10.4 Å². The molecule has 2 aromatic rings. The van der Waals surface area contributed by atoms with Gasteiger partial charge in [0, 0.05) is 16.7 Å². The minimum Gasteiger partial charge on any atom is -0.324 e. The van der Waals surface area contributed by atoms with Crippen molar-refractivity contribution in [2.45, 2.75) is 10.7 Å². The molecule has 6 heteroatoms. The fourth-order valence-electron chi connectivity index (χ4n) is 1.49. The van der Waals surface area contributed by atoms with Crippen LogP contribution in [0.1, 0.15) is 0 Å². The number of hydrogen-bond acceptors (Lipinski definition) is 4. The molecule has 0 saturated heterocycles. The number of hydrogen-bond donors (Lipinski definition) is 2. The maximum Gasteiger partial charge on any atom is 0.288 e. The Morgan fingerprint density at radius 2 is 1.89 bits per heavy atom. The Labute approximate surface area is 107 Å². The summed E-state index contributed by atoms with van der Waals surface area (Å²) in [6.07, 6.45) is 1.63. The molecule has 0 aliphatic rings. The summed E-state index contributed by atoms with van der Waals surface area (Å²) >= 11 is 0.524. The summed E-state index contributed by atoms with van der Waals surface area (Å²) in [7, 11) is 0. The van der Waals surface area contributed by atoms with Crippen molar-refractivity contribution in [1.82, 2.24) is 4.98 Å². The quantitative estimate of drug-likeness (QED) is 0.507. The number of nitrogens with one attached hydrogen (secondary N) is 1. The molecule has 0 unspecified atom stereocenters. The molecule has 1 heterocycles. The van der Waals surface area contributed by atoms with Crippen molar-refractivity contribution >= 4 is 17.4 Å². The van der Waals surface area contributed by atoms with Crippen molar-refractivity contribution in [2.24, 2.45) is 5.84 Å². The molecule has 1 aromatic heterocycles. The summed E-state index contributed by atoms with van der Waals surface area (Å²) in [6.45, 7) is 0. The van der Waals surface area contributed by atoms with E-state index in [9.17, 15) is 8.78 Å². The topological polar surface area (TPSA) is 50.9 Å². The molecule has 1 aromatic carbocycles. The predicted octanol–water partition coefficient (Wildman–Crippen LogP) is 3.35. The molecule has 0 spiro atoms. The molecule has 94 valence electrons. The second kappa shape index (κ2) is 5.79. The Hall–Kier alpha value is -1.66. The molecule has 0 radical (unpaired) electrons. The van der Waals surface area contributed by atoms with E-state index in [0.717, 1.165) is 16.9 Å². The van der Waals surface area contributed by atoms with Crippen molar-refractivity contribution < 1.29 is 8.78 Å². The van der Waals surface area contributed by atoms with Crippen LogP contribution in [0.25, 0.3) is 11.3 Å². The number of thioether (sulfide) groups is 1. The number of anilines is 1. The molecule has 18 heavy (non-hydrogen) atoms. The van der Waals surface area contributed by atoms with Gasteiger partial charge in [0.2, 0.25) is 0 Å². The van der Waals surface area contributed by atoms with Gasteiger partial charge in [-0.05, 0) is 24.3 Å². The summed E-state index contributed by atoms with van der Waals surface area (Å²) in [5.41, 5.74) is 4.86. The van der Waals surface area contributed by atoms with Crippen molar-refractivity contribution in [1.29, 1.82) is 0 Å². The van der Waals surface area contributed by atoms with Crippen LogP contribution in [0.3, 0.4) is 0 Å². The molecule has 2 rings (SSSR count). The second-order valence-corrected chi connectivity index (χ2v) is 4.54. The van der Waals surface area contributed by atoms with Crippen LogP contribution in [0, 0.1) is 0 Å². The third kappa shape index (κ3) is 3.18. The van der Waals surface area contributed by atoms with Gasteiger partial charge in [0.25, 0.3) is 5.76 Å². The van der Waals surface area contributed by atoms with E-state index >= 15 is 0 Å². The van der Waals surface area contributed by atoms with E-state index in [4.69, 9.17) is 5.84 Å². The van der Waals surface area contributed by atoms with Crippen LogP contribution in [0.5, 0.6) is 0 Å². The summed E-state index contributed by atoms with van der Waals surface area (Å²) in [4.78, 5) is 4.73. The number of nitrogens with two attached hydrogens (primary N) is 1. The lowest BCUT2D eigenvalue weighted by Gasteiger charge is -2.05. The summed E-state index contributed by atoms with van der Waals surface area (Å²) < 4.78 is 24.3. The summed E-state index contributed by atoms with van der Waals surface area (Å²) in [5.74, 6) is 2.91. The van der Waals surface area contributed by atoms with Crippen LogP contribution in [0.2, 0.25) is 0 Å². The lowest BCUT2D eigenvalue weighted by atomic mass is 10.1. The van der Waals surface area contributed by atoms with Crippen LogP contribution >= 0.6 is 11.8 Å². The molecule has 0 aliphatic carbocycles. The van der Waals surface area contributed by atoms with Gasteiger partial charge in [-0.3, -0.25) is 10.8 Å². The largest absolute Gasteiger partial charge is 0.324 e. The lowest BCUT2D eigenvalue weighted by Crippen LogP contribution is -2.06. The van der Waals surface area contributed by atoms with Crippen molar-refractivity contribution in [3.63, 3.8) is 0 Å². The van der Waals surface area contributed by atoms with Gasteiger partial charge in [0.05, 0.1) is 11.4 Å². The third-order valence-electron chi connectivity index (χ3n) is 2.30. The molecular formula is C12H11F2N3S. The molecule has 0 amide bonds. The third-order valence-corrected chi connectivity index (χ3v) is 3.02. The zero-order chi connectivity index (χ0) is 13.0. The standard InChI is InChI=1S/C12H11F2N3S/c13-12(14)18-10-3-1-8(2-4-10)11-7-9(17-15)5-6-16-11/h1-7,12H,15H2,(H,16,17). The van der Waals surface area contributed by atoms with Crippen molar-refractivity contribution in [3.8, 4) is 11.3 Å². The van der Waals surface area contributed by atoms with Gasteiger partial charge < -0.3 is 5.43 Å². The molecule has 3 nitrogen and oxygen atoms in total. The van der Waals surface area contributed by atoms with E-state index in [-0.39, 0.29) is 0 Å². The maximum absolute atomic E-state index is 12.2. The van der Waals surface area contributed by atoms with Gasteiger partial charge in [-0.2, -0.15) is 8.78 Å². The Balaban J connectivity index is 2.22. The number of aromatic nitrogens is 1. The fraction of sp³-hybridized carbons (Fsp3) is 0.0833. The molecule has 0 aliphatic heterocycles. The number of pyridine rings is 1. The normalized spacial score (nSPS) is 10.7. The zero-order valence-corrected chi connectivity index (χ0v) is 10.1. The van der Waals surface area contributed by atoms with E-state index < -0.39 is 5.76 Å². The first-order valence-corrected chi connectivity index (χ1v) is 6.05. The lowest BCUT2D eigenvalue weighted by molar-refractivity contribution is 0.252. The van der Waals surface area contributed by atoms with Crippen molar-refractivity contribution in [2.75, 3.05) is 5.43 Å². The van der Waals surface area contributed by atoms with Crippen LogP contribution in [-0.4, -0.2) is 10.7 Å². The first-order valence-electron chi connectivity index (χ1n) is 5.17. The van der Waals surface area contributed by atoms with Gasteiger partial charge in [-0.15, -0.1) is 0 Å². The summed E-state index contributed by atoms with van der Waals surface area (Å²) in [5, 5.41) is 0. The van der Waals surface area contributed by atoms with E-state index in [1.165, 1.54) is 0 Å². The zero-order valence-electron chi connectivity index (χ0n) is 9.31. The number of alkyl halides is 2.